The Hall–Kier alpha value is -5.03. The summed E-state index contributed by atoms with van der Waals surface area (Å²) < 4.78 is 78.3. The molecule has 0 fully saturated rings. The lowest BCUT2D eigenvalue weighted by molar-refractivity contribution is 0.141. The Morgan fingerprint density at radius 3 is 2.06 bits per heavy atom. The Labute approximate surface area is 293 Å². The van der Waals surface area contributed by atoms with Gasteiger partial charge < -0.3 is 18.9 Å². The van der Waals surface area contributed by atoms with Gasteiger partial charge in [0.25, 0.3) is 12.0 Å². The van der Waals surface area contributed by atoms with Gasteiger partial charge in [0, 0.05) is 19.7 Å². The highest BCUT2D eigenvalue weighted by atomic mass is 35.5. The third-order valence-corrected chi connectivity index (χ3v) is 9.49. The van der Waals surface area contributed by atoms with Crippen molar-refractivity contribution in [3.63, 3.8) is 0 Å². The Balaban J connectivity index is 1.49. The molecule has 1 N–H and O–H groups in total. The summed E-state index contributed by atoms with van der Waals surface area (Å²) in [5.41, 5.74) is -2.44. The van der Waals surface area contributed by atoms with Crippen LogP contribution >= 0.6 is 23.2 Å². The summed E-state index contributed by atoms with van der Waals surface area (Å²) in [5.74, 6) is 0.688. The molecule has 0 unspecified atom stereocenters. The van der Waals surface area contributed by atoms with Gasteiger partial charge in [-0.15, -0.1) is 0 Å². The van der Waals surface area contributed by atoms with Crippen molar-refractivity contribution in [2.24, 2.45) is 0 Å². The van der Waals surface area contributed by atoms with E-state index in [1.165, 1.54) is 27.5 Å². The minimum atomic E-state index is -4.26. The number of halogens is 4. The maximum atomic E-state index is 14.0. The number of H-pyrrole nitrogens is 1. The average molecular weight is 751 g/mol. The molecule has 0 saturated carbocycles. The van der Waals surface area contributed by atoms with Gasteiger partial charge in [0.05, 0.1) is 36.1 Å². The molecule has 13 nitrogen and oxygen atoms in total. The van der Waals surface area contributed by atoms with E-state index >= 15 is 0 Å². The zero-order chi connectivity index (χ0) is 36.2. The maximum absolute atomic E-state index is 14.0. The van der Waals surface area contributed by atoms with Crippen molar-refractivity contribution < 1.29 is 36.1 Å². The first kappa shape index (κ1) is 36.3. The molecule has 0 spiro atoms. The van der Waals surface area contributed by atoms with Gasteiger partial charge in [0.1, 0.15) is 23.0 Å². The molecule has 0 bridgehead atoms. The van der Waals surface area contributed by atoms with E-state index in [2.05, 4.69) is 10.1 Å². The molecule has 2 aromatic heterocycles. The number of nitrogens with one attached hydrogen (secondary N) is 1. The summed E-state index contributed by atoms with van der Waals surface area (Å²) in [7, 11) is 0.188. The monoisotopic (exact) mass is 749 g/mol. The maximum Gasteiger partial charge on any atom is 0.349 e. The highest BCUT2D eigenvalue weighted by Gasteiger charge is 2.28. The average Bonchev–Trinajstić information content (AvgIpc) is 3.09. The fourth-order valence-electron chi connectivity index (χ4n) is 4.50. The van der Waals surface area contributed by atoms with E-state index in [-0.39, 0.29) is 51.2 Å². The summed E-state index contributed by atoms with van der Waals surface area (Å²) in [5, 5.41) is 2.97. The first-order chi connectivity index (χ1) is 23.8. The molecular weight excluding hydrogens is 723 g/mol. The molecule has 2 heterocycles. The summed E-state index contributed by atoms with van der Waals surface area (Å²) in [6.45, 7) is -0.0194. The number of rotatable bonds is 13. The normalized spacial score (nSPS) is 11.5. The third-order valence-electron chi connectivity index (χ3n) is 7.11. The summed E-state index contributed by atoms with van der Waals surface area (Å²) >= 11 is 12.8. The van der Waals surface area contributed by atoms with Crippen LogP contribution in [0.4, 0.5) is 8.78 Å². The third kappa shape index (κ3) is 8.05. The number of hydrogen-bond acceptors (Lipinski definition) is 10. The Kier molecular flexibility index (Phi) is 11.1. The smallest absolute Gasteiger partial charge is 0.349 e. The highest BCUT2D eigenvalue weighted by Crippen LogP contribution is 2.39. The van der Waals surface area contributed by atoms with Crippen LogP contribution in [0, 0.1) is 0 Å². The van der Waals surface area contributed by atoms with Crippen LogP contribution in [0.2, 0.25) is 10.0 Å². The number of pyridine rings is 1. The van der Waals surface area contributed by atoms with Crippen molar-refractivity contribution in [1.82, 2.24) is 24.1 Å². The van der Waals surface area contributed by atoms with Crippen molar-refractivity contribution in [2.45, 2.75) is 24.5 Å². The van der Waals surface area contributed by atoms with Crippen LogP contribution in [0.15, 0.2) is 87.4 Å². The predicted molar refractivity (Wildman–Crippen MR) is 179 cm³/mol. The lowest BCUT2D eigenvalue weighted by atomic mass is 10.2. The van der Waals surface area contributed by atoms with Crippen molar-refractivity contribution in [3.05, 3.63) is 121 Å². The van der Waals surface area contributed by atoms with Crippen molar-refractivity contribution >= 4 is 33.2 Å². The molecule has 0 amide bonds. The number of methoxy groups -OCH3 is 2. The summed E-state index contributed by atoms with van der Waals surface area (Å²) in [6.07, 6.45) is -2.10. The Bertz CT molecular complexity index is 2210. The minimum Gasteiger partial charge on any atom is -0.497 e. The standard InChI is InChI=1S/C32H27Cl2F2N5O8S/c1-40(16-18-4-8-21(46-2)9-5-18)50(44,45)26-14-27(37-15-25(26)48-17-19-6-10-22(47-3)11-7-19)49-29-23(33)12-20(13-24(29)34)41-32(43)38-31(42)28(39-41)30(35)36/h4-15,30H,16-17H2,1-3H3,(H,38,42,43). The number of aromatic nitrogens is 4. The first-order valence-electron chi connectivity index (χ1n) is 14.3. The number of sulfonamides is 1. The first-order valence-corrected chi connectivity index (χ1v) is 16.5. The lowest BCUT2D eigenvalue weighted by Gasteiger charge is -2.20. The molecule has 18 heteroatoms. The molecule has 0 aliphatic heterocycles. The van der Waals surface area contributed by atoms with Gasteiger partial charge in [-0.2, -0.15) is 14.1 Å². The fraction of sp³-hybridized carbons (Fsp3) is 0.188. The van der Waals surface area contributed by atoms with Gasteiger partial charge in [0.2, 0.25) is 15.9 Å². The molecule has 0 radical (unpaired) electrons. The van der Waals surface area contributed by atoms with Crippen LogP contribution in [-0.2, 0) is 23.2 Å². The van der Waals surface area contributed by atoms with Crippen molar-refractivity contribution in [3.8, 4) is 34.6 Å². The fourth-order valence-corrected chi connectivity index (χ4v) is 6.32. The van der Waals surface area contributed by atoms with Crippen LogP contribution in [-0.4, -0.2) is 53.7 Å². The number of hydrogen-bond donors (Lipinski definition) is 1. The number of nitrogens with zero attached hydrogens (tertiary/aromatic N) is 4. The molecule has 0 atom stereocenters. The van der Waals surface area contributed by atoms with Gasteiger partial charge >= 0.3 is 5.69 Å². The number of aromatic amines is 1. The topological polar surface area (TPSA) is 155 Å². The van der Waals surface area contributed by atoms with E-state index in [4.69, 9.17) is 42.1 Å². The second kappa shape index (κ2) is 15.2. The second-order valence-corrected chi connectivity index (χ2v) is 13.2. The second-order valence-electron chi connectivity index (χ2n) is 10.4. The van der Waals surface area contributed by atoms with Crippen LogP contribution in [0.3, 0.4) is 0 Å². The van der Waals surface area contributed by atoms with E-state index in [1.54, 1.807) is 53.5 Å². The lowest BCUT2D eigenvalue weighted by Crippen LogP contribution is -2.34. The van der Waals surface area contributed by atoms with Crippen LogP contribution in [0.1, 0.15) is 23.2 Å². The van der Waals surface area contributed by atoms with E-state index in [9.17, 15) is 26.8 Å². The molecule has 0 aliphatic carbocycles. The van der Waals surface area contributed by atoms with Gasteiger partial charge in [-0.05, 0) is 47.5 Å². The molecule has 262 valence electrons. The SMILES string of the molecule is COc1ccc(COc2cnc(Oc3c(Cl)cc(-n4nc(C(F)F)c(=O)[nH]c4=O)cc3Cl)cc2S(=O)(=O)N(C)Cc2ccc(OC)cc2)cc1. The van der Waals surface area contributed by atoms with Gasteiger partial charge in [-0.1, -0.05) is 47.5 Å². The molecule has 5 aromatic rings. The molecule has 0 aliphatic rings. The van der Waals surface area contributed by atoms with Gasteiger partial charge in [-0.25, -0.2) is 27.0 Å². The predicted octanol–water partition coefficient (Wildman–Crippen LogP) is 5.77. The summed E-state index contributed by atoms with van der Waals surface area (Å²) in [4.78, 5) is 29.7. The number of benzene rings is 3. The molecule has 50 heavy (non-hydrogen) atoms. The molecule has 0 saturated heterocycles. The molecular formula is C32H27Cl2F2N5O8S. The van der Waals surface area contributed by atoms with Crippen molar-refractivity contribution in [1.29, 1.82) is 0 Å². The van der Waals surface area contributed by atoms with E-state index < -0.39 is 33.4 Å². The van der Waals surface area contributed by atoms with E-state index in [0.29, 0.717) is 21.7 Å². The minimum absolute atomic E-state index is 0.00664. The molecule has 3 aromatic carbocycles. The number of alkyl halides is 2. The van der Waals surface area contributed by atoms with E-state index in [1.807, 2.05) is 0 Å². The van der Waals surface area contributed by atoms with Gasteiger partial charge in [0.15, 0.2) is 17.2 Å². The van der Waals surface area contributed by atoms with Gasteiger partial charge in [-0.3, -0.25) is 9.78 Å². The summed E-state index contributed by atoms with van der Waals surface area (Å²) in [6, 6.07) is 17.2. The molecule has 5 rings (SSSR count). The zero-order valence-corrected chi connectivity index (χ0v) is 28.7. The van der Waals surface area contributed by atoms with E-state index in [0.717, 1.165) is 28.1 Å². The Morgan fingerprint density at radius 1 is 0.920 bits per heavy atom. The zero-order valence-electron chi connectivity index (χ0n) is 26.4. The quantitative estimate of drug-likeness (QED) is 0.157. The van der Waals surface area contributed by atoms with Crippen LogP contribution in [0.5, 0.6) is 28.9 Å². The van der Waals surface area contributed by atoms with Crippen LogP contribution in [0.25, 0.3) is 5.69 Å². The largest absolute Gasteiger partial charge is 0.497 e. The Morgan fingerprint density at radius 2 is 1.50 bits per heavy atom. The van der Waals surface area contributed by atoms with Crippen molar-refractivity contribution in [2.75, 3.05) is 21.3 Å². The number of ether oxygens (including phenoxy) is 4. The van der Waals surface area contributed by atoms with Crippen LogP contribution < -0.4 is 30.2 Å². The highest BCUT2D eigenvalue weighted by molar-refractivity contribution is 7.89.